The molecule has 1 fully saturated rings. The first-order valence-electron chi connectivity index (χ1n) is 11.3. The smallest absolute Gasteiger partial charge is 0.263 e. The standard InChI is InChI=1S/C25H21FN2O3.C3H6/c1-16-23(24(29)27-15-17-6-5-7-18(26)14-17)21-8-3-4-9-22(21)25(30)28(16)19-10-12-20(31-2)13-11-19;1-2-3-1/h3-14H,15H2,1-2H3,(H,27,29);1-3H2. The Morgan fingerprint density at radius 3 is 2.26 bits per heavy atom. The summed E-state index contributed by atoms with van der Waals surface area (Å²) in [6, 6.07) is 20.2. The third kappa shape index (κ3) is 5.17. The molecule has 0 spiro atoms. The molecular weight excluding hydrogens is 431 g/mol. The van der Waals surface area contributed by atoms with Crippen molar-refractivity contribution in [3.8, 4) is 11.4 Å². The van der Waals surface area contributed by atoms with E-state index in [4.69, 9.17) is 4.74 Å². The van der Waals surface area contributed by atoms with Gasteiger partial charge in [0.05, 0.1) is 12.7 Å². The molecule has 3 aromatic carbocycles. The van der Waals surface area contributed by atoms with Crippen molar-refractivity contribution >= 4 is 16.7 Å². The molecule has 1 aliphatic carbocycles. The van der Waals surface area contributed by atoms with Gasteiger partial charge in [0, 0.05) is 28.7 Å². The normalized spacial score (nSPS) is 12.0. The molecule has 0 bridgehead atoms. The Balaban J connectivity index is 0.000000846. The van der Waals surface area contributed by atoms with Gasteiger partial charge in [-0.15, -0.1) is 0 Å². The van der Waals surface area contributed by atoms with Gasteiger partial charge in [-0.05, 0) is 55.0 Å². The van der Waals surface area contributed by atoms with Crippen LogP contribution in [0.2, 0.25) is 0 Å². The molecule has 4 aromatic rings. The van der Waals surface area contributed by atoms with Crippen LogP contribution in [0, 0.1) is 12.7 Å². The lowest BCUT2D eigenvalue weighted by molar-refractivity contribution is 0.0951. The first-order chi connectivity index (χ1) is 16.5. The minimum Gasteiger partial charge on any atom is -0.497 e. The second kappa shape index (κ2) is 10.3. The van der Waals surface area contributed by atoms with Gasteiger partial charge >= 0.3 is 0 Å². The molecule has 1 aromatic heterocycles. The van der Waals surface area contributed by atoms with E-state index in [-0.39, 0.29) is 23.8 Å². The quantitative estimate of drug-likeness (QED) is 0.427. The van der Waals surface area contributed by atoms with E-state index in [1.165, 1.54) is 36.0 Å². The number of benzene rings is 3. The Bertz CT molecular complexity index is 1370. The summed E-state index contributed by atoms with van der Waals surface area (Å²) in [7, 11) is 1.57. The molecule has 0 unspecified atom stereocenters. The molecule has 1 aliphatic rings. The van der Waals surface area contributed by atoms with Gasteiger partial charge in [-0.25, -0.2) is 4.39 Å². The summed E-state index contributed by atoms with van der Waals surface area (Å²) >= 11 is 0. The fourth-order valence-electron chi connectivity index (χ4n) is 3.71. The minimum absolute atomic E-state index is 0.173. The van der Waals surface area contributed by atoms with E-state index in [0.717, 1.165) is 0 Å². The molecule has 0 saturated heterocycles. The van der Waals surface area contributed by atoms with Crippen molar-refractivity contribution in [3.63, 3.8) is 0 Å². The number of carbonyl (C=O) groups excluding carboxylic acids is 1. The molecule has 0 radical (unpaired) electrons. The highest BCUT2D eigenvalue weighted by molar-refractivity contribution is 6.07. The van der Waals surface area contributed by atoms with Crippen molar-refractivity contribution in [2.75, 3.05) is 7.11 Å². The number of hydrogen-bond acceptors (Lipinski definition) is 3. The van der Waals surface area contributed by atoms with E-state index in [1.54, 1.807) is 74.7 Å². The molecule has 174 valence electrons. The summed E-state index contributed by atoms with van der Waals surface area (Å²) in [6.45, 7) is 1.92. The Morgan fingerprint density at radius 1 is 0.971 bits per heavy atom. The monoisotopic (exact) mass is 458 g/mol. The Labute approximate surface area is 197 Å². The molecular formula is C28H27FN2O3. The third-order valence-corrected chi connectivity index (χ3v) is 5.58. The summed E-state index contributed by atoms with van der Waals surface area (Å²) in [5, 5.41) is 3.87. The van der Waals surface area contributed by atoms with Gasteiger partial charge in [0.1, 0.15) is 11.6 Å². The minimum atomic E-state index is -0.360. The van der Waals surface area contributed by atoms with Crippen LogP contribution in [0.25, 0.3) is 16.5 Å². The number of nitrogens with zero attached hydrogens (tertiary/aromatic N) is 1. The molecule has 0 atom stereocenters. The van der Waals surface area contributed by atoms with E-state index in [9.17, 15) is 14.0 Å². The van der Waals surface area contributed by atoms with Gasteiger partial charge in [-0.3, -0.25) is 14.2 Å². The summed E-state index contributed by atoms with van der Waals surface area (Å²) in [6.07, 6.45) is 4.50. The van der Waals surface area contributed by atoms with Crippen molar-refractivity contribution in [1.82, 2.24) is 9.88 Å². The molecule has 1 N–H and O–H groups in total. The second-order valence-electron chi connectivity index (χ2n) is 8.22. The van der Waals surface area contributed by atoms with Crippen LogP contribution in [-0.2, 0) is 6.54 Å². The lowest BCUT2D eigenvalue weighted by Crippen LogP contribution is -2.29. The van der Waals surface area contributed by atoms with Gasteiger partial charge in [0.15, 0.2) is 0 Å². The van der Waals surface area contributed by atoms with E-state index < -0.39 is 0 Å². The summed E-state index contributed by atoms with van der Waals surface area (Å²) in [5.74, 6) is -0.0232. The fourth-order valence-corrected chi connectivity index (χ4v) is 3.71. The highest BCUT2D eigenvalue weighted by Crippen LogP contribution is 2.23. The number of carbonyl (C=O) groups is 1. The number of amides is 1. The zero-order chi connectivity index (χ0) is 24.1. The molecule has 1 saturated carbocycles. The number of halogens is 1. The number of rotatable bonds is 5. The summed E-state index contributed by atoms with van der Waals surface area (Å²) < 4.78 is 20.2. The number of methoxy groups -OCH3 is 1. The number of fused-ring (bicyclic) bond motifs is 1. The van der Waals surface area contributed by atoms with Crippen LogP contribution in [0.4, 0.5) is 4.39 Å². The zero-order valence-corrected chi connectivity index (χ0v) is 19.3. The van der Waals surface area contributed by atoms with Crippen molar-refractivity contribution in [3.05, 3.63) is 106 Å². The number of ether oxygens (including phenoxy) is 1. The van der Waals surface area contributed by atoms with Gasteiger partial charge in [0.2, 0.25) is 0 Å². The van der Waals surface area contributed by atoms with Crippen LogP contribution < -0.4 is 15.6 Å². The van der Waals surface area contributed by atoms with E-state index in [0.29, 0.717) is 39.0 Å². The average molecular weight is 459 g/mol. The van der Waals surface area contributed by atoms with Crippen molar-refractivity contribution in [1.29, 1.82) is 0 Å². The van der Waals surface area contributed by atoms with Crippen LogP contribution in [0.3, 0.4) is 0 Å². The van der Waals surface area contributed by atoms with Crippen LogP contribution in [-0.4, -0.2) is 17.6 Å². The number of hydrogen-bond donors (Lipinski definition) is 1. The zero-order valence-electron chi connectivity index (χ0n) is 19.3. The topological polar surface area (TPSA) is 60.3 Å². The van der Waals surface area contributed by atoms with Gasteiger partial charge in [0.25, 0.3) is 11.5 Å². The second-order valence-corrected chi connectivity index (χ2v) is 8.22. The Hall–Kier alpha value is -3.93. The van der Waals surface area contributed by atoms with Crippen LogP contribution in [0.1, 0.15) is 40.9 Å². The predicted molar refractivity (Wildman–Crippen MR) is 132 cm³/mol. The fraction of sp³-hybridized carbons (Fsp3) is 0.214. The van der Waals surface area contributed by atoms with E-state index >= 15 is 0 Å². The van der Waals surface area contributed by atoms with Crippen LogP contribution >= 0.6 is 0 Å². The molecule has 1 heterocycles. The number of pyridine rings is 1. The number of nitrogens with one attached hydrogen (secondary N) is 1. The largest absolute Gasteiger partial charge is 0.497 e. The number of aromatic nitrogens is 1. The maximum Gasteiger partial charge on any atom is 0.263 e. The van der Waals surface area contributed by atoms with Gasteiger partial charge in [-0.1, -0.05) is 49.6 Å². The first-order valence-corrected chi connectivity index (χ1v) is 11.3. The maximum absolute atomic E-state index is 13.5. The Kier molecular flexibility index (Phi) is 7.07. The molecule has 6 heteroatoms. The summed E-state index contributed by atoms with van der Waals surface area (Å²) in [4.78, 5) is 26.4. The van der Waals surface area contributed by atoms with Crippen molar-refractivity contribution in [2.45, 2.75) is 32.7 Å². The van der Waals surface area contributed by atoms with E-state index in [1.807, 2.05) is 0 Å². The highest BCUT2D eigenvalue weighted by Gasteiger charge is 2.20. The molecule has 5 nitrogen and oxygen atoms in total. The SMILES string of the molecule is C1CC1.COc1ccc(-n2c(C)c(C(=O)NCc3cccc(F)c3)c3ccccc3c2=O)cc1. The Morgan fingerprint density at radius 2 is 1.65 bits per heavy atom. The van der Waals surface area contributed by atoms with E-state index in [2.05, 4.69) is 5.32 Å². The third-order valence-electron chi connectivity index (χ3n) is 5.58. The lowest BCUT2D eigenvalue weighted by Gasteiger charge is -2.17. The summed E-state index contributed by atoms with van der Waals surface area (Å²) in [5.41, 5.74) is 2.00. The maximum atomic E-state index is 13.5. The average Bonchev–Trinajstić information content (AvgIpc) is 3.73. The van der Waals surface area contributed by atoms with Crippen LogP contribution in [0.15, 0.2) is 77.6 Å². The van der Waals surface area contributed by atoms with Crippen molar-refractivity contribution < 1.29 is 13.9 Å². The van der Waals surface area contributed by atoms with Crippen LogP contribution in [0.5, 0.6) is 5.75 Å². The van der Waals surface area contributed by atoms with Crippen molar-refractivity contribution in [2.24, 2.45) is 0 Å². The highest BCUT2D eigenvalue weighted by atomic mass is 19.1. The predicted octanol–water partition coefficient (Wildman–Crippen LogP) is 5.55. The molecule has 34 heavy (non-hydrogen) atoms. The molecule has 1 amide bonds. The molecule has 0 aliphatic heterocycles. The molecule has 5 rings (SSSR count). The first kappa shape index (κ1) is 23.2. The van der Waals surface area contributed by atoms with Gasteiger partial charge < -0.3 is 10.1 Å². The van der Waals surface area contributed by atoms with Gasteiger partial charge in [-0.2, -0.15) is 0 Å². The lowest BCUT2D eigenvalue weighted by atomic mass is 10.0.